The van der Waals surface area contributed by atoms with Crippen molar-refractivity contribution in [1.82, 2.24) is 0 Å². The van der Waals surface area contributed by atoms with E-state index in [2.05, 4.69) is 31.2 Å². The summed E-state index contributed by atoms with van der Waals surface area (Å²) in [4.78, 5) is 24.1. The van der Waals surface area contributed by atoms with Gasteiger partial charge in [-0.05, 0) is 36.1 Å². The maximum atomic E-state index is 12.4. The molecule has 2 aromatic rings. The van der Waals surface area contributed by atoms with Gasteiger partial charge in [0, 0.05) is 17.9 Å². The van der Waals surface area contributed by atoms with Gasteiger partial charge in [0.25, 0.3) is 0 Å². The predicted octanol–water partition coefficient (Wildman–Crippen LogP) is 3.02. The zero-order valence-electron chi connectivity index (χ0n) is 14.6. The maximum absolute atomic E-state index is 12.4. The molecule has 0 aliphatic rings. The van der Waals surface area contributed by atoms with E-state index in [1.54, 1.807) is 12.1 Å². The quantitative estimate of drug-likeness (QED) is 0.688. The summed E-state index contributed by atoms with van der Waals surface area (Å²) < 4.78 is 0. The van der Waals surface area contributed by atoms with Gasteiger partial charge in [0.1, 0.15) is 6.61 Å². The molecule has 0 amide bonds. The lowest BCUT2D eigenvalue weighted by Gasteiger charge is -2.13. The Labute approximate surface area is 148 Å². The van der Waals surface area contributed by atoms with Crippen LogP contribution in [0.1, 0.15) is 35.7 Å². The summed E-state index contributed by atoms with van der Waals surface area (Å²) in [5.41, 5.74) is 9.50. The van der Waals surface area contributed by atoms with Gasteiger partial charge in [0.15, 0.2) is 11.6 Å². The Morgan fingerprint density at radius 1 is 1.00 bits per heavy atom. The van der Waals surface area contributed by atoms with E-state index >= 15 is 0 Å². The number of hydrogen-bond donors (Lipinski definition) is 2. The highest BCUT2D eigenvalue weighted by Crippen LogP contribution is 2.22. The zero-order valence-corrected chi connectivity index (χ0v) is 14.6. The van der Waals surface area contributed by atoms with Crippen LogP contribution in [0.15, 0.2) is 48.5 Å². The molecule has 0 aliphatic carbocycles. The van der Waals surface area contributed by atoms with Crippen molar-refractivity contribution < 1.29 is 14.7 Å². The second-order valence-electron chi connectivity index (χ2n) is 6.15. The molecule has 0 bridgehead atoms. The minimum Gasteiger partial charge on any atom is -0.389 e. The van der Waals surface area contributed by atoms with E-state index in [0.717, 1.165) is 17.5 Å². The standard InChI is InChI=1S/C21H25NO3/c1-2-15-3-5-16(6-4-15)17-7-9-18(10-8-17)20(24)13-19(11-12-22)21(25)14-23/h3-10,19,23H,2,11-14,22H2,1H3/t19-/m1/s1. The van der Waals surface area contributed by atoms with E-state index in [0.29, 0.717) is 18.5 Å². The molecular weight excluding hydrogens is 314 g/mol. The first kappa shape index (κ1) is 19.0. The Morgan fingerprint density at radius 3 is 2.04 bits per heavy atom. The Hall–Kier alpha value is -2.30. The van der Waals surface area contributed by atoms with Gasteiger partial charge in [-0.1, -0.05) is 55.5 Å². The Bertz CT molecular complexity index is 705. The largest absolute Gasteiger partial charge is 0.389 e. The lowest BCUT2D eigenvalue weighted by Crippen LogP contribution is -2.24. The highest BCUT2D eigenvalue weighted by Gasteiger charge is 2.21. The second kappa shape index (κ2) is 9.25. The van der Waals surface area contributed by atoms with Crippen LogP contribution in [0, 0.1) is 5.92 Å². The highest BCUT2D eigenvalue weighted by atomic mass is 16.3. The van der Waals surface area contributed by atoms with E-state index in [1.165, 1.54) is 5.56 Å². The fourth-order valence-electron chi connectivity index (χ4n) is 2.83. The lowest BCUT2D eigenvalue weighted by atomic mass is 9.91. The van der Waals surface area contributed by atoms with Gasteiger partial charge in [-0.15, -0.1) is 0 Å². The van der Waals surface area contributed by atoms with Crippen molar-refractivity contribution in [1.29, 1.82) is 0 Å². The number of ketones is 2. The minimum absolute atomic E-state index is 0.0845. The van der Waals surface area contributed by atoms with Crippen LogP contribution in [-0.4, -0.2) is 29.8 Å². The molecule has 2 rings (SSSR count). The fraction of sp³-hybridized carbons (Fsp3) is 0.333. The number of aliphatic hydroxyl groups is 1. The molecule has 0 spiro atoms. The topological polar surface area (TPSA) is 80.4 Å². The summed E-state index contributed by atoms with van der Waals surface area (Å²) in [6.45, 7) is 1.88. The molecule has 132 valence electrons. The molecule has 0 saturated carbocycles. The van der Waals surface area contributed by atoms with Crippen LogP contribution in [0.5, 0.6) is 0 Å². The molecule has 0 saturated heterocycles. The first-order valence-corrected chi connectivity index (χ1v) is 8.65. The molecule has 1 atom stereocenters. The predicted molar refractivity (Wildman–Crippen MR) is 99.5 cm³/mol. The number of hydrogen-bond acceptors (Lipinski definition) is 4. The van der Waals surface area contributed by atoms with Gasteiger partial charge in [0.2, 0.25) is 0 Å². The van der Waals surface area contributed by atoms with Crippen molar-refractivity contribution in [3.63, 3.8) is 0 Å². The number of rotatable bonds is 9. The molecule has 0 aliphatic heterocycles. The zero-order chi connectivity index (χ0) is 18.2. The van der Waals surface area contributed by atoms with Crippen LogP contribution in [0.25, 0.3) is 11.1 Å². The smallest absolute Gasteiger partial charge is 0.163 e. The molecule has 2 aromatic carbocycles. The normalized spacial score (nSPS) is 12.0. The van der Waals surface area contributed by atoms with Crippen molar-refractivity contribution >= 4 is 11.6 Å². The number of aryl methyl sites for hydroxylation is 1. The molecule has 0 heterocycles. The molecule has 4 heteroatoms. The van der Waals surface area contributed by atoms with Gasteiger partial charge >= 0.3 is 0 Å². The third kappa shape index (κ3) is 5.08. The van der Waals surface area contributed by atoms with Crippen LogP contribution in [0.4, 0.5) is 0 Å². The van der Waals surface area contributed by atoms with Crippen LogP contribution in [0.2, 0.25) is 0 Å². The summed E-state index contributed by atoms with van der Waals surface area (Å²) in [5, 5.41) is 9.01. The highest BCUT2D eigenvalue weighted by molar-refractivity contribution is 5.99. The Balaban J connectivity index is 2.09. The van der Waals surface area contributed by atoms with Gasteiger partial charge < -0.3 is 10.8 Å². The van der Waals surface area contributed by atoms with Crippen molar-refractivity contribution in [2.75, 3.05) is 13.2 Å². The number of Topliss-reactive ketones (excluding diaryl/α,β-unsaturated/α-hetero) is 2. The lowest BCUT2D eigenvalue weighted by molar-refractivity contribution is -0.125. The average molecular weight is 339 g/mol. The van der Waals surface area contributed by atoms with E-state index in [-0.39, 0.29) is 18.0 Å². The summed E-state index contributed by atoms with van der Waals surface area (Å²) >= 11 is 0. The molecule has 25 heavy (non-hydrogen) atoms. The van der Waals surface area contributed by atoms with E-state index < -0.39 is 12.5 Å². The number of benzene rings is 2. The first-order chi connectivity index (χ1) is 12.1. The van der Waals surface area contributed by atoms with Crippen molar-refractivity contribution in [3.05, 3.63) is 59.7 Å². The fourth-order valence-corrected chi connectivity index (χ4v) is 2.83. The van der Waals surface area contributed by atoms with Crippen LogP contribution >= 0.6 is 0 Å². The number of aliphatic hydroxyl groups excluding tert-OH is 1. The summed E-state index contributed by atoms with van der Waals surface area (Å²) in [6.07, 6.45) is 1.50. The molecule has 0 aromatic heterocycles. The molecule has 0 unspecified atom stereocenters. The van der Waals surface area contributed by atoms with E-state index in [1.807, 2.05) is 12.1 Å². The van der Waals surface area contributed by atoms with Gasteiger partial charge in [0.05, 0.1) is 0 Å². The minimum atomic E-state index is -0.551. The van der Waals surface area contributed by atoms with Crippen LogP contribution in [0.3, 0.4) is 0 Å². The van der Waals surface area contributed by atoms with E-state index in [9.17, 15) is 9.59 Å². The maximum Gasteiger partial charge on any atom is 0.163 e. The van der Waals surface area contributed by atoms with Gasteiger partial charge in [-0.2, -0.15) is 0 Å². The molecule has 3 N–H and O–H groups in total. The van der Waals surface area contributed by atoms with Crippen molar-refractivity contribution in [2.45, 2.75) is 26.2 Å². The number of carbonyl (C=O) groups is 2. The SMILES string of the molecule is CCc1ccc(-c2ccc(C(=O)C[C@@H](CCN)C(=O)CO)cc2)cc1. The summed E-state index contributed by atoms with van der Waals surface area (Å²) in [7, 11) is 0. The van der Waals surface area contributed by atoms with Crippen molar-refractivity contribution in [2.24, 2.45) is 11.7 Å². The summed E-state index contributed by atoms with van der Waals surface area (Å²) in [5.74, 6) is -0.941. The van der Waals surface area contributed by atoms with E-state index in [4.69, 9.17) is 10.8 Å². The third-order valence-corrected chi connectivity index (χ3v) is 4.46. The molecule has 0 fully saturated rings. The third-order valence-electron chi connectivity index (χ3n) is 4.46. The second-order valence-corrected chi connectivity index (χ2v) is 6.15. The van der Waals surface area contributed by atoms with Gasteiger partial charge in [-0.25, -0.2) is 0 Å². The van der Waals surface area contributed by atoms with Crippen molar-refractivity contribution in [3.8, 4) is 11.1 Å². The average Bonchev–Trinajstić information content (AvgIpc) is 2.67. The number of nitrogens with two attached hydrogens (primary N) is 1. The Morgan fingerprint density at radius 2 is 1.56 bits per heavy atom. The monoisotopic (exact) mass is 339 g/mol. The molecular formula is C21H25NO3. The Kier molecular flexibility index (Phi) is 7.04. The summed E-state index contributed by atoms with van der Waals surface area (Å²) in [6, 6.07) is 15.8. The first-order valence-electron chi connectivity index (χ1n) is 8.65. The molecule has 0 radical (unpaired) electrons. The molecule has 4 nitrogen and oxygen atoms in total. The van der Waals surface area contributed by atoms with Gasteiger partial charge in [-0.3, -0.25) is 9.59 Å². The van der Waals surface area contributed by atoms with Crippen LogP contribution < -0.4 is 5.73 Å². The number of carbonyl (C=O) groups excluding carboxylic acids is 2. The van der Waals surface area contributed by atoms with Crippen LogP contribution in [-0.2, 0) is 11.2 Å².